The Hall–Kier alpha value is -7.92. The molecule has 1 heterocycles. The Morgan fingerprint density at radius 2 is 1.08 bits per heavy atom. The molecule has 2 rings (SSSR count). The van der Waals surface area contributed by atoms with Gasteiger partial charge in [-0.1, -0.05) is 125 Å². The zero-order valence-corrected chi connectivity index (χ0v) is 53.5. The standard InChI is InChI=1S/C60H100N14O15/c1-14-31(6)45(71-52(80)40(63-13)26-38-21-19-18-20-22-38)56(84)68-42(28-75)54(82)66-39(23-24-44(62)77)51(79)70-47(33(8)16-3)58(86)72-46(32(7)15-2)57(85)69-43(29-76)55(83)74-49-36(11)89-60(88)48(34(9)17-4)73-53(81)41(25-30(5)27-64-37(12)61)67-50(78)35(10)65-59(49)87/h18-22,30-36,39-43,45-49,63-64,75-76H,12,14-17,23-29,61H2,1-11,13H3,(H2,62,77)(H,65,87)(H,66,82)(H,67,78)(H,68,84)(H,69,85)(H,70,79)(H,71,80)(H,72,86)(H,73,81)(H,74,83)/t30-,31-,32-,33-,34-,35-,36-,39+,40+,41-,42-,43-,45-,46-,47+,48-,49+/m0/s1. The average Bonchev–Trinajstić information content (AvgIpc) is 2.78. The summed E-state index contributed by atoms with van der Waals surface area (Å²) < 4.78 is 5.74. The Morgan fingerprint density at radius 1 is 0.607 bits per heavy atom. The van der Waals surface area contributed by atoms with Crippen molar-refractivity contribution in [1.29, 1.82) is 0 Å². The normalized spacial score (nSPS) is 21.3. The average molecular weight is 1260 g/mol. The highest BCUT2D eigenvalue weighted by Crippen LogP contribution is 2.18. The van der Waals surface area contributed by atoms with Gasteiger partial charge in [0.1, 0.15) is 66.5 Å². The molecule has 1 aliphatic heterocycles. The van der Waals surface area contributed by atoms with Gasteiger partial charge in [-0.2, -0.15) is 0 Å². The third kappa shape index (κ3) is 24.9. The van der Waals surface area contributed by atoms with E-state index in [4.69, 9.17) is 16.2 Å². The van der Waals surface area contributed by atoms with Gasteiger partial charge in [0.2, 0.25) is 65.0 Å². The number of nitrogens with two attached hydrogens (primary N) is 2. The Labute approximate surface area is 521 Å². The third-order valence-corrected chi connectivity index (χ3v) is 16.1. The predicted molar refractivity (Wildman–Crippen MR) is 329 cm³/mol. The van der Waals surface area contributed by atoms with E-state index in [2.05, 4.69) is 70.4 Å². The number of ether oxygens (including phenoxy) is 1. The molecule has 0 saturated carbocycles. The van der Waals surface area contributed by atoms with E-state index in [1.807, 2.05) is 30.3 Å². The minimum absolute atomic E-state index is 0.0691. The van der Waals surface area contributed by atoms with Crippen molar-refractivity contribution < 1.29 is 72.5 Å². The molecule has 29 nitrogen and oxygen atoms in total. The van der Waals surface area contributed by atoms with Crippen LogP contribution >= 0.6 is 0 Å². The fourth-order valence-corrected chi connectivity index (χ4v) is 9.36. The van der Waals surface area contributed by atoms with Crippen molar-refractivity contribution in [3.05, 3.63) is 48.3 Å². The molecule has 1 fully saturated rings. The molecule has 0 aromatic heterocycles. The van der Waals surface area contributed by atoms with Crippen LogP contribution < -0.4 is 75.3 Å². The molecule has 1 aromatic rings. The quantitative estimate of drug-likeness (QED) is 0.0303. The van der Waals surface area contributed by atoms with Crippen LogP contribution in [-0.4, -0.2) is 181 Å². The number of hydrogen-bond acceptors (Lipinski definition) is 18. The molecule has 0 unspecified atom stereocenters. The topological polar surface area (TPSA) is 451 Å². The minimum atomic E-state index is -1.82. The van der Waals surface area contributed by atoms with Crippen LogP contribution in [0.15, 0.2) is 42.7 Å². The lowest BCUT2D eigenvalue weighted by molar-refractivity contribution is -0.157. The van der Waals surface area contributed by atoms with Crippen molar-refractivity contribution in [2.24, 2.45) is 41.1 Å². The summed E-state index contributed by atoms with van der Waals surface area (Å²) in [4.78, 5) is 166. The summed E-state index contributed by atoms with van der Waals surface area (Å²) in [5, 5.41) is 52.3. The van der Waals surface area contributed by atoms with Crippen LogP contribution in [0.3, 0.4) is 0 Å². The van der Waals surface area contributed by atoms with Gasteiger partial charge in [0.25, 0.3) is 0 Å². The summed E-state index contributed by atoms with van der Waals surface area (Å²) in [6.07, 6.45) is -0.669. The Balaban J connectivity index is 2.41. The Bertz CT molecular complexity index is 2580. The van der Waals surface area contributed by atoms with E-state index < -0.39 is 193 Å². The second kappa shape index (κ2) is 38.5. The molecule has 1 saturated heterocycles. The van der Waals surface area contributed by atoms with Crippen molar-refractivity contribution in [2.75, 3.05) is 26.8 Å². The lowest BCUT2D eigenvalue weighted by atomic mass is 9.94. The second-order valence-electron chi connectivity index (χ2n) is 23.2. The monoisotopic (exact) mass is 1260 g/mol. The predicted octanol–water partition coefficient (Wildman–Crippen LogP) is -2.89. The summed E-state index contributed by atoms with van der Waals surface area (Å²) in [5.41, 5.74) is 12.0. The number of cyclic esters (lactones) is 1. The van der Waals surface area contributed by atoms with Gasteiger partial charge < -0.3 is 90.2 Å². The van der Waals surface area contributed by atoms with Crippen LogP contribution in [0.5, 0.6) is 0 Å². The van der Waals surface area contributed by atoms with Crippen molar-refractivity contribution in [3.8, 4) is 0 Å². The summed E-state index contributed by atoms with van der Waals surface area (Å²) in [7, 11) is 1.60. The van der Waals surface area contributed by atoms with Crippen LogP contribution in [0.1, 0.15) is 127 Å². The number of esters is 1. The van der Waals surface area contributed by atoms with E-state index in [0.717, 1.165) is 5.56 Å². The van der Waals surface area contributed by atoms with E-state index in [1.165, 1.54) is 13.8 Å². The first-order valence-electron chi connectivity index (χ1n) is 30.6. The number of carbonyl (C=O) groups excluding carboxylic acids is 12. The lowest BCUT2D eigenvalue weighted by Crippen LogP contribution is -2.63. The highest BCUT2D eigenvalue weighted by molar-refractivity contribution is 5.99. The van der Waals surface area contributed by atoms with E-state index in [9.17, 15) is 67.7 Å². The van der Waals surface area contributed by atoms with E-state index >= 15 is 0 Å². The molecule has 0 spiro atoms. The van der Waals surface area contributed by atoms with Gasteiger partial charge in [0.15, 0.2) is 0 Å². The first-order chi connectivity index (χ1) is 41.9. The maximum absolute atomic E-state index is 14.4. The molecule has 0 bridgehead atoms. The molecular weight excluding hydrogens is 1160 g/mol. The van der Waals surface area contributed by atoms with E-state index in [0.29, 0.717) is 19.3 Å². The van der Waals surface area contributed by atoms with Gasteiger partial charge in [0.05, 0.1) is 25.1 Å². The molecular formula is C60H100N14O15. The summed E-state index contributed by atoms with van der Waals surface area (Å²) >= 11 is 0. The zero-order chi connectivity index (χ0) is 67.4. The molecule has 1 aliphatic rings. The molecule has 500 valence electrons. The number of aliphatic hydroxyl groups excluding tert-OH is 2. The lowest BCUT2D eigenvalue weighted by Gasteiger charge is -2.31. The first-order valence-corrected chi connectivity index (χ1v) is 30.6. The summed E-state index contributed by atoms with van der Waals surface area (Å²) in [5.74, 6) is -13.2. The molecule has 0 aliphatic carbocycles. The van der Waals surface area contributed by atoms with E-state index in [1.54, 1.807) is 69.4 Å². The zero-order valence-electron chi connectivity index (χ0n) is 53.5. The smallest absolute Gasteiger partial charge is 0.329 e. The van der Waals surface area contributed by atoms with Gasteiger partial charge in [-0.3, -0.25) is 52.7 Å². The SMILES string of the molecule is C=C(N)NC[C@@H](C)C[C@@H]1NC(=O)[C@H](C)NC(=O)[C@H](NC(=O)[C@H](CO)NC(=O)[C@@H](NC(=O)[C@H](NC(=O)[C@@H](CCC(N)=O)NC(=O)[C@H](CO)NC(=O)[C@@H](NC(=O)[C@@H](Cc2ccccc2)NC)[C@@H](C)CC)[C@@H](C)CC)[C@@H](C)CC)[C@H](C)OC(=O)[C@H]([C@@H](C)CC)NC1=O. The van der Waals surface area contributed by atoms with Crippen LogP contribution in [0.25, 0.3) is 0 Å². The van der Waals surface area contributed by atoms with Gasteiger partial charge in [-0.05, 0) is 75.3 Å². The number of benzene rings is 1. The third-order valence-electron chi connectivity index (χ3n) is 16.1. The highest BCUT2D eigenvalue weighted by atomic mass is 16.5. The molecule has 11 amide bonds. The van der Waals surface area contributed by atoms with Crippen LogP contribution in [0.2, 0.25) is 0 Å². The van der Waals surface area contributed by atoms with Gasteiger partial charge in [-0.25, -0.2) is 4.79 Å². The number of primary amides is 1. The van der Waals surface area contributed by atoms with Gasteiger partial charge >= 0.3 is 5.97 Å². The van der Waals surface area contributed by atoms with Crippen molar-refractivity contribution >= 4 is 70.9 Å². The Morgan fingerprint density at radius 3 is 1.55 bits per heavy atom. The molecule has 89 heavy (non-hydrogen) atoms. The fourth-order valence-electron chi connectivity index (χ4n) is 9.36. The summed E-state index contributed by atoms with van der Waals surface area (Å²) in [6, 6.07) is -6.33. The van der Waals surface area contributed by atoms with Crippen molar-refractivity contribution in [1.82, 2.24) is 63.8 Å². The first kappa shape index (κ1) is 77.2. The van der Waals surface area contributed by atoms with Crippen molar-refractivity contribution in [2.45, 2.75) is 200 Å². The van der Waals surface area contributed by atoms with Crippen LogP contribution in [0.4, 0.5) is 0 Å². The molecule has 29 heteroatoms. The number of hydrogen-bond donors (Lipinski definition) is 16. The van der Waals surface area contributed by atoms with Gasteiger partial charge in [-0.15, -0.1) is 0 Å². The van der Waals surface area contributed by atoms with Gasteiger partial charge in [0, 0.05) is 13.0 Å². The number of aliphatic hydroxyl groups is 2. The number of nitrogens with one attached hydrogen (secondary N) is 12. The Kier molecular flexibility index (Phi) is 33.4. The molecule has 1 aromatic carbocycles. The number of carbonyl (C=O) groups is 12. The largest absolute Gasteiger partial charge is 0.458 e. The molecule has 17 atom stereocenters. The fraction of sp³-hybridized carbons (Fsp3) is 0.667. The number of rotatable bonds is 35. The summed E-state index contributed by atoms with van der Waals surface area (Å²) in [6.45, 7) is 19.8. The van der Waals surface area contributed by atoms with Crippen LogP contribution in [-0.2, 0) is 68.7 Å². The maximum Gasteiger partial charge on any atom is 0.329 e. The molecule has 0 radical (unpaired) electrons. The highest BCUT2D eigenvalue weighted by Gasteiger charge is 2.41. The van der Waals surface area contributed by atoms with Crippen LogP contribution in [0, 0.1) is 29.6 Å². The van der Waals surface area contributed by atoms with E-state index in [-0.39, 0.29) is 37.5 Å². The number of amides is 11. The number of likely N-dealkylation sites (N-methyl/N-ethyl adjacent to an activating group) is 1. The molecule has 18 N–H and O–H groups in total. The van der Waals surface area contributed by atoms with Crippen molar-refractivity contribution in [3.63, 3.8) is 0 Å². The minimum Gasteiger partial charge on any atom is -0.458 e. The maximum atomic E-state index is 14.4. The second-order valence-corrected chi connectivity index (χ2v) is 23.2.